The zero-order valence-corrected chi connectivity index (χ0v) is 20.3. The van der Waals surface area contributed by atoms with Gasteiger partial charge in [-0.2, -0.15) is 12.9 Å². The van der Waals surface area contributed by atoms with E-state index >= 15 is 0 Å². The zero-order valence-electron chi connectivity index (χ0n) is 19.5. The first-order valence-corrected chi connectivity index (χ1v) is 12.3. The number of methoxy groups -OCH3 is 3. The third-order valence-electron chi connectivity index (χ3n) is 5.12. The van der Waals surface area contributed by atoms with Crippen LogP contribution in [-0.2, 0) is 27.3 Å². The van der Waals surface area contributed by atoms with Crippen molar-refractivity contribution in [3.05, 3.63) is 47.5 Å². The van der Waals surface area contributed by atoms with Gasteiger partial charge in [-0.3, -0.25) is 4.18 Å². The highest BCUT2D eigenvalue weighted by Crippen LogP contribution is 2.31. The number of nitrogens with zero attached hydrogens (tertiary/aromatic N) is 4. The van der Waals surface area contributed by atoms with Gasteiger partial charge in [-0.05, 0) is 18.2 Å². The maximum Gasteiger partial charge on any atom is 0.264 e. The second-order valence-electron chi connectivity index (χ2n) is 7.51. The highest BCUT2D eigenvalue weighted by molar-refractivity contribution is 7.85. The maximum absolute atomic E-state index is 14.3. The Morgan fingerprint density at radius 3 is 2.49 bits per heavy atom. The van der Waals surface area contributed by atoms with Crippen LogP contribution < -0.4 is 19.5 Å². The lowest BCUT2D eigenvalue weighted by Crippen LogP contribution is -2.10. The van der Waals surface area contributed by atoms with E-state index in [1.54, 1.807) is 20.3 Å². The summed E-state index contributed by atoms with van der Waals surface area (Å²) in [7, 11) is 0.950. The van der Waals surface area contributed by atoms with Crippen molar-refractivity contribution >= 4 is 32.6 Å². The summed E-state index contributed by atoms with van der Waals surface area (Å²) in [5.74, 6) is 1.60. The highest BCUT2D eigenvalue weighted by Gasteiger charge is 2.18. The highest BCUT2D eigenvalue weighted by atomic mass is 32.2. The number of rotatable bonds is 10. The minimum absolute atomic E-state index is 0.119. The molecule has 4 aromatic rings. The number of anilines is 1. The fourth-order valence-corrected chi connectivity index (χ4v) is 3.91. The number of hydrogen-bond acceptors (Lipinski definition) is 10. The van der Waals surface area contributed by atoms with Crippen LogP contribution in [0.25, 0.3) is 16.6 Å². The van der Waals surface area contributed by atoms with Crippen molar-refractivity contribution in [3.8, 4) is 17.2 Å². The standard InChI is InChI=1S/C22H24FN5O6S/c1-31-15-6-5-13(17(11-15)32-2)12-24-22-26-20-16(9-14(23)10-18(20)33-3)21-25-19(27-28(21)22)7-8-34-35(4,29)30/h5-6,9-11H,7-8,12H2,1-4H3,(H,24,26). The molecule has 186 valence electrons. The first kappa shape index (κ1) is 24.4. The first-order valence-electron chi connectivity index (χ1n) is 10.4. The topological polar surface area (TPSA) is 126 Å². The summed E-state index contributed by atoms with van der Waals surface area (Å²) in [5.41, 5.74) is 1.54. The molecule has 0 spiro atoms. The summed E-state index contributed by atoms with van der Waals surface area (Å²) in [5, 5.41) is 8.05. The lowest BCUT2D eigenvalue weighted by molar-refractivity contribution is 0.323. The molecule has 0 aliphatic carbocycles. The van der Waals surface area contributed by atoms with Crippen LogP contribution in [0.1, 0.15) is 11.4 Å². The molecule has 1 N–H and O–H groups in total. The molecule has 0 saturated heterocycles. The Bertz CT molecular complexity index is 1490. The van der Waals surface area contributed by atoms with E-state index in [2.05, 4.69) is 20.4 Å². The molecular weight excluding hydrogens is 481 g/mol. The summed E-state index contributed by atoms with van der Waals surface area (Å²) in [6.07, 6.45) is 1.08. The van der Waals surface area contributed by atoms with E-state index < -0.39 is 15.9 Å². The van der Waals surface area contributed by atoms with Gasteiger partial charge in [-0.15, -0.1) is 5.10 Å². The second kappa shape index (κ2) is 9.88. The Morgan fingerprint density at radius 1 is 1.03 bits per heavy atom. The molecule has 0 bridgehead atoms. The van der Waals surface area contributed by atoms with Crippen molar-refractivity contribution in [2.75, 3.05) is 39.5 Å². The minimum atomic E-state index is -3.61. The predicted octanol–water partition coefficient (Wildman–Crippen LogP) is 2.57. The Balaban J connectivity index is 1.76. The third kappa shape index (κ3) is 5.35. The summed E-state index contributed by atoms with van der Waals surface area (Å²) < 4.78 is 59.1. The van der Waals surface area contributed by atoms with Crippen LogP contribution in [0.5, 0.6) is 17.2 Å². The lowest BCUT2D eigenvalue weighted by atomic mass is 10.2. The third-order valence-corrected chi connectivity index (χ3v) is 5.72. The van der Waals surface area contributed by atoms with E-state index in [0.717, 1.165) is 11.8 Å². The molecule has 2 aromatic carbocycles. The molecule has 2 heterocycles. The number of benzene rings is 2. The summed E-state index contributed by atoms with van der Waals surface area (Å²) >= 11 is 0. The fraction of sp³-hybridized carbons (Fsp3) is 0.318. The first-order chi connectivity index (χ1) is 16.7. The molecule has 35 heavy (non-hydrogen) atoms. The largest absolute Gasteiger partial charge is 0.497 e. The molecule has 0 unspecified atom stereocenters. The zero-order chi connectivity index (χ0) is 25.2. The van der Waals surface area contributed by atoms with E-state index in [4.69, 9.17) is 18.4 Å². The van der Waals surface area contributed by atoms with Crippen molar-refractivity contribution in [3.63, 3.8) is 0 Å². The molecule has 0 aliphatic rings. The molecule has 4 rings (SSSR count). The number of ether oxygens (including phenoxy) is 3. The van der Waals surface area contributed by atoms with Gasteiger partial charge in [0.15, 0.2) is 11.5 Å². The number of halogens is 1. The number of aromatic nitrogens is 4. The average molecular weight is 506 g/mol. The molecule has 0 fully saturated rings. The molecule has 0 radical (unpaired) electrons. The van der Waals surface area contributed by atoms with Crippen molar-refractivity contribution in [1.82, 2.24) is 19.6 Å². The Morgan fingerprint density at radius 2 is 1.80 bits per heavy atom. The van der Waals surface area contributed by atoms with Crippen LogP contribution in [-0.4, -0.2) is 62.2 Å². The van der Waals surface area contributed by atoms with Gasteiger partial charge in [-0.1, -0.05) is 0 Å². The van der Waals surface area contributed by atoms with Crippen LogP contribution in [0.15, 0.2) is 30.3 Å². The number of nitrogens with one attached hydrogen (secondary N) is 1. The van der Waals surface area contributed by atoms with E-state index in [1.807, 2.05) is 12.1 Å². The van der Waals surface area contributed by atoms with Crippen LogP contribution in [0.2, 0.25) is 0 Å². The number of hydrogen-bond donors (Lipinski definition) is 1. The molecule has 0 amide bonds. The Labute approximate surface area is 200 Å². The van der Waals surface area contributed by atoms with Gasteiger partial charge in [0, 0.05) is 30.7 Å². The summed E-state index contributed by atoms with van der Waals surface area (Å²) in [6, 6.07) is 7.96. The van der Waals surface area contributed by atoms with E-state index in [-0.39, 0.29) is 18.8 Å². The minimum Gasteiger partial charge on any atom is -0.497 e. The lowest BCUT2D eigenvalue weighted by Gasteiger charge is -2.13. The monoisotopic (exact) mass is 505 g/mol. The summed E-state index contributed by atoms with van der Waals surface area (Å²) in [6.45, 7) is 0.182. The molecule has 2 aromatic heterocycles. The van der Waals surface area contributed by atoms with E-state index in [9.17, 15) is 12.8 Å². The van der Waals surface area contributed by atoms with Crippen molar-refractivity contribution in [2.24, 2.45) is 0 Å². The van der Waals surface area contributed by atoms with Gasteiger partial charge in [0.2, 0.25) is 5.95 Å². The molecule has 0 aliphatic heterocycles. The molecule has 11 nitrogen and oxygen atoms in total. The number of fused-ring (bicyclic) bond motifs is 3. The van der Waals surface area contributed by atoms with Crippen molar-refractivity contribution in [2.45, 2.75) is 13.0 Å². The normalized spacial score (nSPS) is 11.7. The fourth-order valence-electron chi connectivity index (χ4n) is 3.52. The molecule has 0 atom stereocenters. The molecule has 0 saturated carbocycles. The maximum atomic E-state index is 14.3. The van der Waals surface area contributed by atoms with Gasteiger partial charge in [0.05, 0.1) is 39.6 Å². The SMILES string of the molecule is COc1ccc(CNc2nc3c(OC)cc(F)cc3c3nc(CCOS(C)(=O)=O)nn23)c(OC)c1. The average Bonchev–Trinajstić information content (AvgIpc) is 3.26. The quantitative estimate of drug-likeness (QED) is 0.321. The van der Waals surface area contributed by atoms with E-state index in [1.165, 1.54) is 23.8 Å². The van der Waals surface area contributed by atoms with Crippen molar-refractivity contribution < 1.29 is 31.2 Å². The van der Waals surface area contributed by atoms with E-state index in [0.29, 0.717) is 46.4 Å². The van der Waals surface area contributed by atoms with Gasteiger partial charge >= 0.3 is 0 Å². The summed E-state index contributed by atoms with van der Waals surface area (Å²) in [4.78, 5) is 9.10. The van der Waals surface area contributed by atoms with Crippen LogP contribution in [0, 0.1) is 5.82 Å². The van der Waals surface area contributed by atoms with Gasteiger partial charge in [0.25, 0.3) is 10.1 Å². The molecule has 13 heteroatoms. The van der Waals surface area contributed by atoms with Crippen LogP contribution in [0.3, 0.4) is 0 Å². The second-order valence-corrected chi connectivity index (χ2v) is 9.15. The van der Waals surface area contributed by atoms with Crippen LogP contribution >= 0.6 is 0 Å². The van der Waals surface area contributed by atoms with Crippen LogP contribution in [0.4, 0.5) is 10.3 Å². The predicted molar refractivity (Wildman–Crippen MR) is 126 cm³/mol. The Hall–Kier alpha value is -3.71. The van der Waals surface area contributed by atoms with Gasteiger partial charge in [-0.25, -0.2) is 14.4 Å². The Kier molecular flexibility index (Phi) is 6.89. The van der Waals surface area contributed by atoms with Gasteiger partial charge in [0.1, 0.15) is 28.6 Å². The molecular formula is C22H24FN5O6S. The van der Waals surface area contributed by atoms with Crippen molar-refractivity contribution in [1.29, 1.82) is 0 Å². The smallest absolute Gasteiger partial charge is 0.264 e. The van der Waals surface area contributed by atoms with Gasteiger partial charge < -0.3 is 19.5 Å².